The molecule has 0 bridgehead atoms. The molecule has 0 aliphatic carbocycles. The molecule has 3 aliphatic rings. The molecule has 4 rings (SSSR count). The number of nitrogens with one attached hydrogen (secondary N) is 1. The van der Waals surface area contributed by atoms with E-state index in [0.717, 1.165) is 5.56 Å². The van der Waals surface area contributed by atoms with E-state index in [1.165, 1.54) is 5.01 Å². The Hall–Kier alpha value is -2.62. The Labute approximate surface area is 169 Å². The van der Waals surface area contributed by atoms with Gasteiger partial charge in [0.2, 0.25) is 5.91 Å². The highest BCUT2D eigenvalue weighted by Crippen LogP contribution is 2.32. The molecule has 0 spiro atoms. The van der Waals surface area contributed by atoms with Crippen LogP contribution in [-0.2, 0) is 19.4 Å². The Bertz CT molecular complexity index is 974. The first-order valence-electron chi connectivity index (χ1n) is 9.63. The van der Waals surface area contributed by atoms with Crippen LogP contribution in [0.15, 0.2) is 23.3 Å². The van der Waals surface area contributed by atoms with Gasteiger partial charge in [0.1, 0.15) is 18.9 Å². The van der Waals surface area contributed by atoms with Crippen LogP contribution in [-0.4, -0.2) is 61.7 Å². The molecule has 1 fully saturated rings. The van der Waals surface area contributed by atoms with E-state index in [1.54, 1.807) is 0 Å². The van der Waals surface area contributed by atoms with Gasteiger partial charge in [0.25, 0.3) is 5.91 Å². The lowest BCUT2D eigenvalue weighted by atomic mass is 10.1. The van der Waals surface area contributed by atoms with Crippen molar-refractivity contribution in [3.05, 3.63) is 23.8 Å². The first-order chi connectivity index (χ1) is 13.8. The molecule has 2 amide bonds. The largest absolute Gasteiger partial charge is 0.486 e. The summed E-state index contributed by atoms with van der Waals surface area (Å²) in [5, 5.41) is 8.29. The van der Waals surface area contributed by atoms with Gasteiger partial charge in [-0.3, -0.25) is 9.59 Å². The molecule has 0 saturated carbocycles. The van der Waals surface area contributed by atoms with E-state index in [9.17, 15) is 18.0 Å². The summed E-state index contributed by atoms with van der Waals surface area (Å²) in [6.07, 6.45) is 0.718. The van der Waals surface area contributed by atoms with Gasteiger partial charge in [-0.15, -0.1) is 0 Å². The Kier molecular flexibility index (Phi) is 5.20. The Balaban J connectivity index is 1.46. The maximum atomic E-state index is 12.7. The van der Waals surface area contributed by atoms with Crippen molar-refractivity contribution in [1.29, 1.82) is 0 Å². The number of fused-ring (bicyclic) bond motifs is 1. The van der Waals surface area contributed by atoms with Crippen molar-refractivity contribution in [1.82, 2.24) is 10.3 Å². The number of hydrogen-bond donors (Lipinski definition) is 1. The van der Waals surface area contributed by atoms with E-state index in [4.69, 9.17) is 9.47 Å². The van der Waals surface area contributed by atoms with Gasteiger partial charge in [-0.05, 0) is 31.0 Å². The van der Waals surface area contributed by atoms with E-state index in [2.05, 4.69) is 10.4 Å². The molecule has 156 valence electrons. The quantitative estimate of drug-likeness (QED) is 0.769. The summed E-state index contributed by atoms with van der Waals surface area (Å²) < 4.78 is 34.5. The molecule has 0 unspecified atom stereocenters. The van der Waals surface area contributed by atoms with E-state index >= 15 is 0 Å². The first-order valence-corrected chi connectivity index (χ1v) is 11.4. The lowest BCUT2D eigenvalue weighted by molar-refractivity contribution is -0.133. The van der Waals surface area contributed by atoms with Crippen LogP contribution in [0.25, 0.3) is 0 Å². The van der Waals surface area contributed by atoms with E-state index in [1.807, 2.05) is 25.1 Å². The number of rotatable bonds is 4. The topological polar surface area (TPSA) is 114 Å². The fourth-order valence-electron chi connectivity index (χ4n) is 3.68. The SMILES string of the molecule is C[C@@H](NC(=O)C1=NN([C@@H]2CCS(=O)(=O)C2)C(=O)CC1)c1ccc2c(c1)OCCO2. The number of nitrogens with zero attached hydrogens (tertiary/aromatic N) is 2. The summed E-state index contributed by atoms with van der Waals surface area (Å²) in [6, 6.07) is 4.71. The zero-order valence-corrected chi connectivity index (χ0v) is 16.9. The Morgan fingerprint density at radius 2 is 2.00 bits per heavy atom. The van der Waals surface area contributed by atoms with Crippen molar-refractivity contribution in [2.24, 2.45) is 5.10 Å². The molecular formula is C19H23N3O6S. The van der Waals surface area contributed by atoms with E-state index in [0.29, 0.717) is 31.1 Å². The third kappa shape index (κ3) is 4.21. The smallest absolute Gasteiger partial charge is 0.267 e. The minimum Gasteiger partial charge on any atom is -0.486 e. The third-order valence-corrected chi connectivity index (χ3v) is 7.04. The van der Waals surface area contributed by atoms with Crippen LogP contribution in [0.3, 0.4) is 0 Å². The van der Waals surface area contributed by atoms with Gasteiger partial charge in [-0.1, -0.05) is 6.07 Å². The van der Waals surface area contributed by atoms with Gasteiger partial charge in [0.05, 0.1) is 23.6 Å². The Morgan fingerprint density at radius 1 is 1.24 bits per heavy atom. The first kappa shape index (κ1) is 19.7. The molecule has 2 atom stereocenters. The standard InChI is InChI=1S/C19H23N3O6S/c1-12(13-2-4-16-17(10-13)28-8-7-27-16)20-19(24)15-3-5-18(23)22(21-15)14-6-9-29(25,26)11-14/h2,4,10,12,14H,3,5-9,11H2,1H3,(H,20,24)/t12-,14-/m1/s1. The summed E-state index contributed by atoms with van der Waals surface area (Å²) in [6.45, 7) is 2.84. The number of carbonyl (C=O) groups is 2. The summed E-state index contributed by atoms with van der Waals surface area (Å²) in [7, 11) is -3.15. The molecule has 1 aromatic carbocycles. The molecule has 3 aliphatic heterocycles. The fraction of sp³-hybridized carbons (Fsp3) is 0.526. The summed E-state index contributed by atoms with van der Waals surface area (Å²) in [4.78, 5) is 24.9. The number of benzene rings is 1. The molecule has 3 heterocycles. The maximum Gasteiger partial charge on any atom is 0.267 e. The second-order valence-electron chi connectivity index (χ2n) is 7.44. The normalized spacial score (nSPS) is 24.0. The van der Waals surface area contributed by atoms with Crippen molar-refractivity contribution in [3.8, 4) is 11.5 Å². The van der Waals surface area contributed by atoms with Gasteiger partial charge < -0.3 is 14.8 Å². The molecule has 10 heteroatoms. The molecule has 0 radical (unpaired) electrons. The molecule has 1 saturated heterocycles. The van der Waals surface area contributed by atoms with Crippen LogP contribution >= 0.6 is 0 Å². The zero-order valence-electron chi connectivity index (χ0n) is 16.1. The van der Waals surface area contributed by atoms with Gasteiger partial charge in [0, 0.05) is 12.8 Å². The van der Waals surface area contributed by atoms with Crippen molar-refractivity contribution in [2.75, 3.05) is 24.7 Å². The van der Waals surface area contributed by atoms with E-state index < -0.39 is 15.9 Å². The van der Waals surface area contributed by atoms with Gasteiger partial charge in [0.15, 0.2) is 21.3 Å². The molecule has 29 heavy (non-hydrogen) atoms. The second-order valence-corrected chi connectivity index (χ2v) is 9.67. The monoisotopic (exact) mass is 421 g/mol. The van der Waals surface area contributed by atoms with Crippen molar-refractivity contribution in [3.63, 3.8) is 0 Å². The predicted octanol–water partition coefficient (Wildman–Crippen LogP) is 0.800. The number of ether oxygens (including phenoxy) is 2. The zero-order chi connectivity index (χ0) is 20.6. The number of amides is 2. The minimum absolute atomic E-state index is 0.0413. The van der Waals surface area contributed by atoms with Crippen LogP contribution in [0, 0.1) is 0 Å². The number of carbonyl (C=O) groups excluding carboxylic acids is 2. The number of hydrogen-bond acceptors (Lipinski definition) is 7. The second kappa shape index (κ2) is 7.66. The molecule has 1 N–H and O–H groups in total. The predicted molar refractivity (Wildman–Crippen MR) is 105 cm³/mol. The van der Waals surface area contributed by atoms with Gasteiger partial charge >= 0.3 is 0 Å². The van der Waals surface area contributed by atoms with Crippen LogP contribution < -0.4 is 14.8 Å². The van der Waals surface area contributed by atoms with Crippen molar-refractivity contribution >= 4 is 27.4 Å². The molecule has 9 nitrogen and oxygen atoms in total. The summed E-state index contributed by atoms with van der Waals surface area (Å²) >= 11 is 0. The number of hydrazone groups is 1. The van der Waals surface area contributed by atoms with Crippen LogP contribution in [0.5, 0.6) is 11.5 Å². The molecular weight excluding hydrogens is 398 g/mol. The number of sulfone groups is 1. The van der Waals surface area contributed by atoms with Crippen LogP contribution in [0.2, 0.25) is 0 Å². The average Bonchev–Trinajstić information content (AvgIpc) is 3.07. The highest BCUT2D eigenvalue weighted by molar-refractivity contribution is 7.91. The minimum atomic E-state index is -3.15. The maximum absolute atomic E-state index is 12.7. The molecule has 0 aromatic heterocycles. The lowest BCUT2D eigenvalue weighted by Gasteiger charge is -2.28. The molecule has 1 aromatic rings. The average molecular weight is 421 g/mol. The summed E-state index contributed by atoms with van der Waals surface area (Å²) in [5.41, 5.74) is 1.09. The fourth-order valence-corrected chi connectivity index (χ4v) is 5.37. The highest BCUT2D eigenvalue weighted by atomic mass is 32.2. The van der Waals surface area contributed by atoms with Gasteiger partial charge in [-0.25, -0.2) is 13.4 Å². The highest BCUT2D eigenvalue weighted by Gasteiger charge is 2.37. The van der Waals surface area contributed by atoms with E-state index in [-0.39, 0.29) is 47.9 Å². The van der Waals surface area contributed by atoms with Crippen molar-refractivity contribution in [2.45, 2.75) is 38.3 Å². The summed E-state index contributed by atoms with van der Waals surface area (Å²) in [5.74, 6) is 0.638. The lowest BCUT2D eigenvalue weighted by Crippen LogP contribution is -2.44. The Morgan fingerprint density at radius 3 is 2.72 bits per heavy atom. The van der Waals surface area contributed by atoms with Crippen molar-refractivity contribution < 1.29 is 27.5 Å². The van der Waals surface area contributed by atoms with Crippen LogP contribution in [0.1, 0.15) is 37.8 Å². The van der Waals surface area contributed by atoms with Gasteiger partial charge in [-0.2, -0.15) is 5.10 Å². The van der Waals surface area contributed by atoms with Crippen LogP contribution in [0.4, 0.5) is 0 Å². The third-order valence-electron chi connectivity index (χ3n) is 5.29.